The Morgan fingerprint density at radius 3 is 2.80 bits per heavy atom. The van der Waals surface area contributed by atoms with Crippen molar-refractivity contribution in [3.8, 4) is 0 Å². The molecule has 1 fully saturated rings. The molecule has 1 amide bonds. The molecule has 0 unspecified atom stereocenters. The van der Waals surface area contributed by atoms with Crippen LogP contribution >= 0.6 is 22.9 Å². The summed E-state index contributed by atoms with van der Waals surface area (Å²) in [6.45, 7) is 0. The van der Waals surface area contributed by atoms with Crippen molar-refractivity contribution in [3.63, 3.8) is 0 Å². The first-order chi connectivity index (χ1) is 7.25. The van der Waals surface area contributed by atoms with E-state index in [0.717, 1.165) is 25.7 Å². The molecule has 1 aliphatic carbocycles. The molecule has 0 spiro atoms. The summed E-state index contributed by atoms with van der Waals surface area (Å²) in [4.78, 5) is 15.6. The molecule has 1 N–H and O–H groups in total. The molecule has 0 aromatic carbocycles. The Balaban J connectivity index is 1.85. The average molecular weight is 245 g/mol. The van der Waals surface area contributed by atoms with Gasteiger partial charge < -0.3 is 5.32 Å². The lowest BCUT2D eigenvalue weighted by Gasteiger charge is -2.25. The Hall–Kier alpha value is -0.610. The van der Waals surface area contributed by atoms with Gasteiger partial charge in [0, 0.05) is 16.8 Å². The van der Waals surface area contributed by atoms with Crippen molar-refractivity contribution in [2.45, 2.75) is 37.1 Å². The zero-order chi connectivity index (χ0) is 10.7. The first kappa shape index (κ1) is 10.9. The molecule has 0 atom stereocenters. The van der Waals surface area contributed by atoms with Crippen molar-refractivity contribution in [2.75, 3.05) is 0 Å². The van der Waals surface area contributed by atoms with E-state index in [1.165, 1.54) is 11.3 Å². The van der Waals surface area contributed by atoms with E-state index in [1.54, 1.807) is 10.9 Å². The highest BCUT2D eigenvalue weighted by Gasteiger charge is 2.21. The lowest BCUT2D eigenvalue weighted by Crippen LogP contribution is -2.37. The van der Waals surface area contributed by atoms with Crippen LogP contribution in [0.3, 0.4) is 0 Å². The van der Waals surface area contributed by atoms with Gasteiger partial charge in [0.15, 0.2) is 0 Å². The van der Waals surface area contributed by atoms with E-state index in [-0.39, 0.29) is 17.3 Å². The van der Waals surface area contributed by atoms with Gasteiger partial charge in [-0.05, 0) is 25.7 Å². The van der Waals surface area contributed by atoms with Gasteiger partial charge in [-0.15, -0.1) is 22.9 Å². The maximum Gasteiger partial charge on any atom is 0.270 e. The van der Waals surface area contributed by atoms with E-state index < -0.39 is 0 Å². The molecule has 0 aliphatic heterocycles. The van der Waals surface area contributed by atoms with E-state index in [2.05, 4.69) is 10.3 Å². The van der Waals surface area contributed by atoms with Crippen molar-refractivity contribution in [2.24, 2.45) is 0 Å². The van der Waals surface area contributed by atoms with Gasteiger partial charge in [-0.25, -0.2) is 4.98 Å². The largest absolute Gasteiger partial charge is 0.348 e. The number of nitrogens with zero attached hydrogens (tertiary/aromatic N) is 1. The minimum atomic E-state index is -0.0609. The maximum absolute atomic E-state index is 11.7. The molecule has 0 bridgehead atoms. The van der Waals surface area contributed by atoms with E-state index in [1.807, 2.05) is 0 Å². The summed E-state index contributed by atoms with van der Waals surface area (Å²) in [6.07, 6.45) is 3.93. The summed E-state index contributed by atoms with van der Waals surface area (Å²) in [5.74, 6) is -0.0609. The first-order valence-electron chi connectivity index (χ1n) is 5.09. The van der Waals surface area contributed by atoms with Crippen LogP contribution in [0.15, 0.2) is 10.9 Å². The molecule has 1 aromatic heterocycles. The number of thiazole rings is 1. The molecule has 0 saturated heterocycles. The summed E-state index contributed by atoms with van der Waals surface area (Å²) in [5.41, 5.74) is 2.19. The van der Waals surface area contributed by atoms with Crippen molar-refractivity contribution in [1.29, 1.82) is 0 Å². The summed E-state index contributed by atoms with van der Waals surface area (Å²) in [7, 11) is 0. The van der Waals surface area contributed by atoms with Crippen LogP contribution in [0.4, 0.5) is 0 Å². The lowest BCUT2D eigenvalue weighted by molar-refractivity contribution is 0.0923. The van der Waals surface area contributed by atoms with Gasteiger partial charge in [-0.3, -0.25) is 4.79 Å². The van der Waals surface area contributed by atoms with Crippen LogP contribution < -0.4 is 5.32 Å². The maximum atomic E-state index is 11.7. The smallest absolute Gasteiger partial charge is 0.270 e. The fraction of sp³-hybridized carbons (Fsp3) is 0.600. The van der Waals surface area contributed by atoms with Crippen molar-refractivity contribution in [3.05, 3.63) is 16.6 Å². The normalized spacial score (nSPS) is 26.2. The monoisotopic (exact) mass is 244 g/mol. The average Bonchev–Trinajstić information content (AvgIpc) is 2.74. The van der Waals surface area contributed by atoms with Gasteiger partial charge in [0.05, 0.1) is 5.51 Å². The summed E-state index contributed by atoms with van der Waals surface area (Å²) >= 11 is 7.43. The number of aromatic nitrogens is 1. The van der Waals surface area contributed by atoms with Gasteiger partial charge in [0.25, 0.3) is 5.91 Å². The number of carbonyl (C=O) groups is 1. The number of carbonyl (C=O) groups excluding carboxylic acids is 1. The molecule has 82 valence electrons. The number of amides is 1. The van der Waals surface area contributed by atoms with Gasteiger partial charge in [-0.2, -0.15) is 0 Å². The van der Waals surface area contributed by atoms with Gasteiger partial charge >= 0.3 is 0 Å². The SMILES string of the molecule is O=C(NC1CCC(Cl)CC1)c1cscn1. The molecular weight excluding hydrogens is 232 g/mol. The number of hydrogen-bond donors (Lipinski definition) is 1. The third-order valence-electron chi connectivity index (χ3n) is 2.66. The zero-order valence-electron chi connectivity index (χ0n) is 8.28. The van der Waals surface area contributed by atoms with Gasteiger partial charge in [0.1, 0.15) is 5.69 Å². The van der Waals surface area contributed by atoms with E-state index in [4.69, 9.17) is 11.6 Å². The first-order valence-corrected chi connectivity index (χ1v) is 6.47. The standard InChI is InChI=1S/C10H13ClN2OS/c11-7-1-3-8(4-2-7)13-10(14)9-5-15-6-12-9/h5-8H,1-4H2,(H,13,14). The molecular formula is C10H13ClN2OS. The number of rotatable bonds is 2. The van der Waals surface area contributed by atoms with Crippen molar-refractivity contribution in [1.82, 2.24) is 10.3 Å². The van der Waals surface area contributed by atoms with Crippen LogP contribution in [-0.2, 0) is 0 Å². The van der Waals surface area contributed by atoms with Crippen LogP contribution in [0, 0.1) is 0 Å². The number of halogens is 1. The second kappa shape index (κ2) is 4.94. The Morgan fingerprint density at radius 2 is 2.20 bits per heavy atom. The predicted molar refractivity (Wildman–Crippen MR) is 61.5 cm³/mol. The highest BCUT2D eigenvalue weighted by molar-refractivity contribution is 7.07. The molecule has 15 heavy (non-hydrogen) atoms. The van der Waals surface area contributed by atoms with Gasteiger partial charge in [-0.1, -0.05) is 0 Å². The van der Waals surface area contributed by atoms with Crippen LogP contribution in [0.2, 0.25) is 0 Å². The van der Waals surface area contributed by atoms with E-state index in [9.17, 15) is 4.79 Å². The molecule has 1 aliphatic rings. The van der Waals surface area contributed by atoms with E-state index in [0.29, 0.717) is 5.69 Å². The Kier molecular flexibility index (Phi) is 3.59. The molecule has 5 heteroatoms. The summed E-state index contributed by atoms with van der Waals surface area (Å²) in [6, 6.07) is 0.272. The van der Waals surface area contributed by atoms with Crippen LogP contribution in [-0.4, -0.2) is 22.3 Å². The van der Waals surface area contributed by atoms with Crippen molar-refractivity contribution < 1.29 is 4.79 Å². The highest BCUT2D eigenvalue weighted by atomic mass is 35.5. The molecule has 2 rings (SSSR count). The van der Waals surface area contributed by atoms with Crippen molar-refractivity contribution >= 4 is 28.8 Å². The minimum Gasteiger partial charge on any atom is -0.348 e. The summed E-state index contributed by atoms with van der Waals surface area (Å²) < 4.78 is 0. The predicted octanol–water partition coefficient (Wildman–Crippen LogP) is 2.42. The molecule has 1 aromatic rings. The lowest BCUT2D eigenvalue weighted by atomic mass is 9.95. The minimum absolute atomic E-state index is 0.0609. The number of alkyl halides is 1. The second-order valence-electron chi connectivity index (χ2n) is 3.80. The molecule has 1 heterocycles. The van der Waals surface area contributed by atoms with Crippen LogP contribution in [0.1, 0.15) is 36.2 Å². The fourth-order valence-corrected chi connectivity index (χ4v) is 2.57. The quantitative estimate of drug-likeness (QED) is 0.812. The second-order valence-corrected chi connectivity index (χ2v) is 5.13. The van der Waals surface area contributed by atoms with Crippen LogP contribution in [0.5, 0.6) is 0 Å². The number of nitrogens with one attached hydrogen (secondary N) is 1. The topological polar surface area (TPSA) is 42.0 Å². The van der Waals surface area contributed by atoms with Crippen LogP contribution in [0.25, 0.3) is 0 Å². The zero-order valence-corrected chi connectivity index (χ0v) is 9.85. The molecule has 0 radical (unpaired) electrons. The molecule has 1 saturated carbocycles. The third-order valence-corrected chi connectivity index (χ3v) is 3.68. The number of hydrogen-bond acceptors (Lipinski definition) is 3. The Bertz CT molecular complexity index is 320. The fourth-order valence-electron chi connectivity index (χ4n) is 1.78. The van der Waals surface area contributed by atoms with Gasteiger partial charge in [0.2, 0.25) is 0 Å². The Morgan fingerprint density at radius 1 is 1.47 bits per heavy atom. The van der Waals surface area contributed by atoms with E-state index >= 15 is 0 Å². The summed E-state index contributed by atoms with van der Waals surface area (Å²) in [5, 5.41) is 5.04. The third kappa shape index (κ3) is 2.92. The Labute approximate surface area is 97.9 Å². The molecule has 3 nitrogen and oxygen atoms in total. The highest BCUT2D eigenvalue weighted by Crippen LogP contribution is 2.22.